The fraction of sp³-hybridized carbons (Fsp3) is 0.462. The zero-order valence-electron chi connectivity index (χ0n) is 10.1. The van der Waals surface area contributed by atoms with Crippen LogP contribution < -0.4 is 5.32 Å². The average Bonchev–Trinajstić information content (AvgIpc) is 2.31. The molecule has 17 heavy (non-hydrogen) atoms. The van der Waals surface area contributed by atoms with Gasteiger partial charge in [0.2, 0.25) is 5.91 Å². The molecule has 2 N–H and O–H groups in total. The first-order chi connectivity index (χ1) is 8.02. The number of benzene rings is 1. The number of hydrogen-bond acceptors (Lipinski definition) is 2. The van der Waals surface area contributed by atoms with Crippen molar-refractivity contribution in [1.82, 2.24) is 5.32 Å². The van der Waals surface area contributed by atoms with Crippen molar-refractivity contribution in [3.8, 4) is 0 Å². The monoisotopic (exact) mass is 299 g/mol. The molecule has 0 saturated carbocycles. The Hall–Kier alpha value is -0.870. The molecule has 2 atom stereocenters. The Kier molecular flexibility index (Phi) is 5.65. The summed E-state index contributed by atoms with van der Waals surface area (Å²) in [5.74, 6) is -0.111. The summed E-state index contributed by atoms with van der Waals surface area (Å²) in [5, 5.41) is 11.6. The Morgan fingerprint density at radius 3 is 2.47 bits per heavy atom. The Morgan fingerprint density at radius 2 is 1.94 bits per heavy atom. The lowest BCUT2D eigenvalue weighted by molar-refractivity contribution is -0.125. The number of amides is 1. The zero-order valence-corrected chi connectivity index (χ0v) is 11.7. The second-order valence-electron chi connectivity index (χ2n) is 4.32. The van der Waals surface area contributed by atoms with Gasteiger partial charge in [0.25, 0.3) is 0 Å². The molecule has 0 heterocycles. The van der Waals surface area contributed by atoms with Crippen LogP contribution in [0.15, 0.2) is 28.7 Å². The molecule has 0 saturated heterocycles. The first kappa shape index (κ1) is 14.2. The second-order valence-corrected chi connectivity index (χ2v) is 5.24. The summed E-state index contributed by atoms with van der Waals surface area (Å²) in [7, 11) is 0. The van der Waals surface area contributed by atoms with Crippen LogP contribution in [-0.2, 0) is 11.2 Å². The molecule has 1 aromatic carbocycles. The van der Waals surface area contributed by atoms with E-state index in [2.05, 4.69) is 21.2 Å². The Morgan fingerprint density at radius 1 is 1.35 bits per heavy atom. The normalized spacial score (nSPS) is 14.1. The van der Waals surface area contributed by atoms with Gasteiger partial charge in [-0.25, -0.2) is 0 Å². The van der Waals surface area contributed by atoms with E-state index in [4.69, 9.17) is 5.11 Å². The Labute approximate surface area is 110 Å². The maximum absolute atomic E-state index is 11.8. The molecule has 0 aliphatic rings. The molecule has 0 fully saturated rings. The minimum atomic E-state index is -0.185. The molecule has 4 heteroatoms. The van der Waals surface area contributed by atoms with E-state index in [1.165, 1.54) is 0 Å². The Bertz CT molecular complexity index is 364. The van der Waals surface area contributed by atoms with Gasteiger partial charge in [-0.05, 0) is 31.0 Å². The molecule has 0 aliphatic carbocycles. The van der Waals surface area contributed by atoms with Crippen LogP contribution in [0.5, 0.6) is 0 Å². The lowest BCUT2D eigenvalue weighted by atomic mass is 10.0. The van der Waals surface area contributed by atoms with Crippen molar-refractivity contribution >= 4 is 21.8 Å². The number of aliphatic hydroxyl groups is 1. The molecule has 0 aromatic heterocycles. The van der Waals surface area contributed by atoms with Crippen LogP contribution in [0.2, 0.25) is 0 Å². The summed E-state index contributed by atoms with van der Waals surface area (Å²) in [5.41, 5.74) is 1.13. The van der Waals surface area contributed by atoms with Crippen LogP contribution in [0.3, 0.4) is 0 Å². The molecule has 0 bridgehead atoms. The fourth-order valence-corrected chi connectivity index (χ4v) is 1.76. The number of halogens is 1. The smallest absolute Gasteiger partial charge is 0.223 e. The minimum Gasteiger partial charge on any atom is -0.394 e. The summed E-state index contributed by atoms with van der Waals surface area (Å²) < 4.78 is 1.03. The molecule has 3 nitrogen and oxygen atoms in total. The van der Waals surface area contributed by atoms with Gasteiger partial charge >= 0.3 is 0 Å². The van der Waals surface area contributed by atoms with Crippen LogP contribution in [0, 0.1) is 5.92 Å². The van der Waals surface area contributed by atoms with Crippen LogP contribution >= 0.6 is 15.9 Å². The lowest BCUT2D eigenvalue weighted by Gasteiger charge is -2.15. The highest BCUT2D eigenvalue weighted by Crippen LogP contribution is 2.14. The van der Waals surface area contributed by atoms with Crippen LogP contribution in [0.1, 0.15) is 19.4 Å². The maximum atomic E-state index is 11.8. The SMILES string of the molecule is C[C@H](CO)NC(=O)[C@@H](C)Cc1ccc(Br)cc1. The van der Waals surface area contributed by atoms with Gasteiger partial charge in [0.15, 0.2) is 0 Å². The number of hydrogen-bond donors (Lipinski definition) is 2. The first-order valence-corrected chi connectivity index (χ1v) is 6.48. The largest absolute Gasteiger partial charge is 0.394 e. The average molecular weight is 300 g/mol. The van der Waals surface area contributed by atoms with E-state index in [9.17, 15) is 4.79 Å². The van der Waals surface area contributed by atoms with Gasteiger partial charge in [0, 0.05) is 16.4 Å². The topological polar surface area (TPSA) is 49.3 Å². The zero-order chi connectivity index (χ0) is 12.8. The number of aliphatic hydroxyl groups excluding tert-OH is 1. The molecule has 94 valence electrons. The number of carbonyl (C=O) groups is 1. The standard InChI is InChI=1S/C13H18BrNO2/c1-9(13(17)15-10(2)8-16)7-11-3-5-12(14)6-4-11/h3-6,9-10,16H,7-8H2,1-2H3,(H,15,17)/t9-,10+/m0/s1. The third kappa shape index (κ3) is 4.88. The van der Waals surface area contributed by atoms with Gasteiger partial charge in [-0.3, -0.25) is 4.79 Å². The highest BCUT2D eigenvalue weighted by Gasteiger charge is 2.15. The molecule has 1 rings (SSSR count). The number of carbonyl (C=O) groups excluding carboxylic acids is 1. The highest BCUT2D eigenvalue weighted by atomic mass is 79.9. The predicted molar refractivity (Wildman–Crippen MR) is 71.7 cm³/mol. The van der Waals surface area contributed by atoms with Gasteiger partial charge < -0.3 is 10.4 Å². The molecular formula is C13H18BrNO2. The van der Waals surface area contributed by atoms with E-state index < -0.39 is 0 Å². The highest BCUT2D eigenvalue weighted by molar-refractivity contribution is 9.10. The molecule has 1 aromatic rings. The third-order valence-corrected chi connectivity index (χ3v) is 3.09. The van der Waals surface area contributed by atoms with Crippen LogP contribution in [0.4, 0.5) is 0 Å². The van der Waals surface area contributed by atoms with E-state index in [0.29, 0.717) is 6.42 Å². The fourth-order valence-electron chi connectivity index (χ4n) is 1.50. The Balaban J connectivity index is 2.51. The van der Waals surface area contributed by atoms with Crippen molar-refractivity contribution in [3.05, 3.63) is 34.3 Å². The summed E-state index contributed by atoms with van der Waals surface area (Å²) in [6.45, 7) is 3.64. The number of nitrogens with one attached hydrogen (secondary N) is 1. The van der Waals surface area contributed by atoms with Crippen molar-refractivity contribution in [2.45, 2.75) is 26.3 Å². The van der Waals surface area contributed by atoms with Gasteiger partial charge in [-0.15, -0.1) is 0 Å². The van der Waals surface area contributed by atoms with Crippen molar-refractivity contribution in [2.75, 3.05) is 6.61 Å². The van der Waals surface area contributed by atoms with Gasteiger partial charge in [-0.2, -0.15) is 0 Å². The van der Waals surface area contributed by atoms with E-state index in [1.54, 1.807) is 6.92 Å². The van der Waals surface area contributed by atoms with Gasteiger partial charge in [0.05, 0.1) is 6.61 Å². The van der Waals surface area contributed by atoms with Gasteiger partial charge in [0.1, 0.15) is 0 Å². The van der Waals surface area contributed by atoms with Crippen molar-refractivity contribution in [1.29, 1.82) is 0 Å². The van der Waals surface area contributed by atoms with E-state index in [1.807, 2.05) is 31.2 Å². The van der Waals surface area contributed by atoms with E-state index in [-0.39, 0.29) is 24.5 Å². The second kappa shape index (κ2) is 6.77. The van der Waals surface area contributed by atoms with E-state index >= 15 is 0 Å². The minimum absolute atomic E-state index is 0.0190. The molecule has 0 unspecified atom stereocenters. The molecular weight excluding hydrogens is 282 g/mol. The van der Waals surface area contributed by atoms with Crippen molar-refractivity contribution < 1.29 is 9.90 Å². The van der Waals surface area contributed by atoms with Crippen LogP contribution in [0.25, 0.3) is 0 Å². The summed E-state index contributed by atoms with van der Waals surface area (Å²) in [6, 6.07) is 7.76. The molecule has 0 spiro atoms. The van der Waals surface area contributed by atoms with Gasteiger partial charge in [-0.1, -0.05) is 35.0 Å². The molecule has 1 amide bonds. The third-order valence-electron chi connectivity index (χ3n) is 2.57. The summed E-state index contributed by atoms with van der Waals surface area (Å²) >= 11 is 3.38. The predicted octanol–water partition coefficient (Wildman–Crippen LogP) is 2.12. The number of rotatable bonds is 5. The lowest BCUT2D eigenvalue weighted by Crippen LogP contribution is -2.38. The summed E-state index contributed by atoms with van der Waals surface area (Å²) in [6.07, 6.45) is 0.706. The van der Waals surface area contributed by atoms with Crippen molar-refractivity contribution in [3.63, 3.8) is 0 Å². The quantitative estimate of drug-likeness (QED) is 0.875. The van der Waals surface area contributed by atoms with Crippen molar-refractivity contribution in [2.24, 2.45) is 5.92 Å². The van der Waals surface area contributed by atoms with Crippen LogP contribution in [-0.4, -0.2) is 23.7 Å². The molecule has 0 aliphatic heterocycles. The molecule has 0 radical (unpaired) electrons. The maximum Gasteiger partial charge on any atom is 0.223 e. The first-order valence-electron chi connectivity index (χ1n) is 5.68. The van der Waals surface area contributed by atoms with E-state index in [0.717, 1.165) is 10.0 Å². The summed E-state index contributed by atoms with van der Waals surface area (Å²) in [4.78, 5) is 11.8.